The maximum absolute atomic E-state index is 5.85. The van der Waals surface area contributed by atoms with E-state index in [2.05, 4.69) is 27.6 Å². The first-order valence-electron chi connectivity index (χ1n) is 7.87. The van der Waals surface area contributed by atoms with Crippen molar-refractivity contribution in [1.82, 2.24) is 15.5 Å². The fourth-order valence-electron chi connectivity index (χ4n) is 2.73. The Morgan fingerprint density at radius 3 is 3.00 bits per heavy atom. The van der Waals surface area contributed by atoms with Crippen LogP contribution in [-0.2, 0) is 4.74 Å². The van der Waals surface area contributed by atoms with Crippen LogP contribution >= 0.6 is 0 Å². The number of rotatable bonds is 6. The lowest BCUT2D eigenvalue weighted by Gasteiger charge is -2.23. The molecule has 1 aliphatic rings. The van der Waals surface area contributed by atoms with Crippen LogP contribution in [0.1, 0.15) is 18.5 Å². The Labute approximate surface area is 131 Å². The fraction of sp³-hybridized carbons (Fsp3) is 0.471. The average molecular weight is 301 g/mol. The van der Waals surface area contributed by atoms with Gasteiger partial charge in [-0.25, -0.2) is 0 Å². The van der Waals surface area contributed by atoms with Crippen molar-refractivity contribution in [3.05, 3.63) is 36.2 Å². The summed E-state index contributed by atoms with van der Waals surface area (Å²) in [6.07, 6.45) is 4.03. The predicted molar refractivity (Wildman–Crippen MR) is 86.1 cm³/mol. The summed E-state index contributed by atoms with van der Waals surface area (Å²) >= 11 is 0. The number of aryl methyl sites for hydroxylation is 1. The molecule has 1 saturated heterocycles. The van der Waals surface area contributed by atoms with Crippen LogP contribution < -0.4 is 10.1 Å². The van der Waals surface area contributed by atoms with Crippen molar-refractivity contribution in [2.45, 2.75) is 25.8 Å². The fourth-order valence-corrected chi connectivity index (χ4v) is 2.73. The molecule has 0 radical (unpaired) electrons. The molecule has 1 fully saturated rings. The standard InChI is InChI=1S/C17H23N3O2/c1-13-17(12-19-20-13)14-3-2-4-16(11-14)22-10-7-18-15-5-8-21-9-6-15/h2-4,11-12,15,18H,5-10H2,1H3,(H,19,20). The van der Waals surface area contributed by atoms with Gasteiger partial charge in [0.1, 0.15) is 12.4 Å². The van der Waals surface area contributed by atoms with Crippen LogP contribution in [0.25, 0.3) is 11.1 Å². The number of nitrogens with zero attached hydrogens (tertiary/aromatic N) is 1. The minimum atomic E-state index is 0.567. The first-order chi connectivity index (χ1) is 10.8. The molecule has 22 heavy (non-hydrogen) atoms. The van der Waals surface area contributed by atoms with Crippen LogP contribution in [0.2, 0.25) is 0 Å². The highest BCUT2D eigenvalue weighted by Crippen LogP contribution is 2.25. The van der Waals surface area contributed by atoms with Gasteiger partial charge in [-0.05, 0) is 37.5 Å². The lowest BCUT2D eigenvalue weighted by molar-refractivity contribution is 0.0770. The molecule has 1 aromatic carbocycles. The van der Waals surface area contributed by atoms with Crippen molar-refractivity contribution >= 4 is 0 Å². The van der Waals surface area contributed by atoms with Gasteiger partial charge in [-0.3, -0.25) is 5.10 Å². The molecule has 2 aromatic rings. The van der Waals surface area contributed by atoms with Crippen LogP contribution in [0.3, 0.4) is 0 Å². The molecule has 0 spiro atoms. The third-order valence-electron chi connectivity index (χ3n) is 4.00. The SMILES string of the molecule is Cc1[nH]ncc1-c1cccc(OCCNC2CCOCC2)c1. The molecule has 2 N–H and O–H groups in total. The average Bonchev–Trinajstić information content (AvgIpc) is 2.99. The van der Waals surface area contributed by atoms with E-state index in [9.17, 15) is 0 Å². The van der Waals surface area contributed by atoms with Crippen molar-refractivity contribution < 1.29 is 9.47 Å². The maximum atomic E-state index is 5.85. The van der Waals surface area contributed by atoms with E-state index < -0.39 is 0 Å². The third kappa shape index (κ3) is 3.87. The van der Waals surface area contributed by atoms with Gasteiger partial charge in [0, 0.05) is 37.1 Å². The Morgan fingerprint density at radius 1 is 1.36 bits per heavy atom. The van der Waals surface area contributed by atoms with E-state index in [-0.39, 0.29) is 0 Å². The Balaban J connectivity index is 1.49. The van der Waals surface area contributed by atoms with Gasteiger partial charge in [0.15, 0.2) is 0 Å². The highest BCUT2D eigenvalue weighted by atomic mass is 16.5. The number of aromatic amines is 1. The number of aromatic nitrogens is 2. The molecular formula is C17H23N3O2. The molecule has 0 unspecified atom stereocenters. The van der Waals surface area contributed by atoms with E-state index in [1.165, 1.54) is 0 Å². The number of benzene rings is 1. The second-order valence-corrected chi connectivity index (χ2v) is 5.63. The highest BCUT2D eigenvalue weighted by molar-refractivity contribution is 5.66. The number of H-pyrrole nitrogens is 1. The van der Waals surface area contributed by atoms with Crippen LogP contribution in [0, 0.1) is 6.92 Å². The number of hydrogen-bond acceptors (Lipinski definition) is 4. The topological polar surface area (TPSA) is 59.2 Å². The molecule has 0 amide bonds. The smallest absolute Gasteiger partial charge is 0.119 e. The minimum Gasteiger partial charge on any atom is -0.492 e. The molecule has 0 saturated carbocycles. The van der Waals surface area contributed by atoms with E-state index in [0.717, 1.165) is 55.2 Å². The molecule has 3 rings (SSSR count). The lowest BCUT2D eigenvalue weighted by Crippen LogP contribution is -2.37. The van der Waals surface area contributed by atoms with Gasteiger partial charge in [0.2, 0.25) is 0 Å². The summed E-state index contributed by atoms with van der Waals surface area (Å²) in [6.45, 7) is 5.29. The summed E-state index contributed by atoms with van der Waals surface area (Å²) in [5.41, 5.74) is 3.31. The van der Waals surface area contributed by atoms with Crippen LogP contribution in [0.15, 0.2) is 30.5 Å². The first-order valence-corrected chi connectivity index (χ1v) is 7.87. The molecule has 1 aromatic heterocycles. The lowest BCUT2D eigenvalue weighted by atomic mass is 10.1. The highest BCUT2D eigenvalue weighted by Gasteiger charge is 2.12. The Bertz CT molecular complexity index is 591. The van der Waals surface area contributed by atoms with Crippen molar-refractivity contribution in [1.29, 1.82) is 0 Å². The molecule has 1 aliphatic heterocycles. The summed E-state index contributed by atoms with van der Waals surface area (Å²) in [7, 11) is 0. The zero-order valence-electron chi connectivity index (χ0n) is 13.0. The monoisotopic (exact) mass is 301 g/mol. The van der Waals surface area contributed by atoms with Crippen LogP contribution in [0.4, 0.5) is 0 Å². The van der Waals surface area contributed by atoms with Crippen LogP contribution in [0.5, 0.6) is 5.75 Å². The molecule has 0 atom stereocenters. The second kappa shape index (κ2) is 7.42. The molecule has 2 heterocycles. The minimum absolute atomic E-state index is 0.567. The van der Waals surface area contributed by atoms with E-state index in [1.54, 1.807) is 0 Å². The molecular weight excluding hydrogens is 278 g/mol. The van der Waals surface area contributed by atoms with Crippen LogP contribution in [-0.4, -0.2) is 42.6 Å². The molecule has 5 nitrogen and oxygen atoms in total. The maximum Gasteiger partial charge on any atom is 0.119 e. The van der Waals surface area contributed by atoms with Gasteiger partial charge in [-0.1, -0.05) is 12.1 Å². The zero-order valence-corrected chi connectivity index (χ0v) is 13.0. The van der Waals surface area contributed by atoms with E-state index in [0.29, 0.717) is 12.6 Å². The third-order valence-corrected chi connectivity index (χ3v) is 4.00. The van der Waals surface area contributed by atoms with Gasteiger partial charge < -0.3 is 14.8 Å². The predicted octanol–water partition coefficient (Wildman–Crippen LogP) is 2.53. The van der Waals surface area contributed by atoms with Gasteiger partial charge in [-0.15, -0.1) is 0 Å². The largest absolute Gasteiger partial charge is 0.492 e. The quantitative estimate of drug-likeness (QED) is 0.805. The molecule has 5 heteroatoms. The molecule has 0 bridgehead atoms. The summed E-state index contributed by atoms with van der Waals surface area (Å²) in [6, 6.07) is 8.71. The van der Waals surface area contributed by atoms with Gasteiger partial charge in [0.05, 0.1) is 6.20 Å². The Morgan fingerprint density at radius 2 is 2.23 bits per heavy atom. The van der Waals surface area contributed by atoms with Crippen molar-refractivity contribution in [2.75, 3.05) is 26.4 Å². The normalized spacial score (nSPS) is 15.9. The summed E-state index contributed by atoms with van der Waals surface area (Å²) in [5, 5.41) is 10.6. The van der Waals surface area contributed by atoms with Crippen molar-refractivity contribution in [2.24, 2.45) is 0 Å². The Hall–Kier alpha value is -1.85. The van der Waals surface area contributed by atoms with Crippen molar-refractivity contribution in [3.8, 4) is 16.9 Å². The first kappa shape index (κ1) is 15.1. The van der Waals surface area contributed by atoms with E-state index in [1.807, 2.05) is 25.3 Å². The number of hydrogen-bond donors (Lipinski definition) is 2. The summed E-state index contributed by atoms with van der Waals surface area (Å²) in [4.78, 5) is 0. The van der Waals surface area contributed by atoms with E-state index >= 15 is 0 Å². The second-order valence-electron chi connectivity index (χ2n) is 5.63. The van der Waals surface area contributed by atoms with Gasteiger partial charge in [-0.2, -0.15) is 5.10 Å². The molecule has 0 aliphatic carbocycles. The summed E-state index contributed by atoms with van der Waals surface area (Å²) < 4.78 is 11.2. The number of ether oxygens (including phenoxy) is 2. The number of nitrogens with one attached hydrogen (secondary N) is 2. The van der Waals surface area contributed by atoms with E-state index in [4.69, 9.17) is 9.47 Å². The van der Waals surface area contributed by atoms with Crippen molar-refractivity contribution in [3.63, 3.8) is 0 Å². The molecule has 118 valence electrons. The summed E-state index contributed by atoms with van der Waals surface area (Å²) in [5.74, 6) is 0.895. The van der Waals surface area contributed by atoms with Gasteiger partial charge in [0.25, 0.3) is 0 Å². The Kier molecular flexibility index (Phi) is 5.08. The van der Waals surface area contributed by atoms with Gasteiger partial charge >= 0.3 is 0 Å². The zero-order chi connectivity index (χ0) is 15.2.